The highest BCUT2D eigenvalue weighted by Crippen LogP contribution is 2.63. The molecule has 4 aliphatic rings. The molecule has 0 amide bonds. The highest BCUT2D eigenvalue weighted by molar-refractivity contribution is 6.06. The Morgan fingerprint density at radius 1 is 1.12 bits per heavy atom. The van der Waals surface area contributed by atoms with Gasteiger partial charge in [0.05, 0.1) is 12.0 Å². The molecule has 0 saturated heterocycles. The van der Waals surface area contributed by atoms with Gasteiger partial charge in [-0.2, -0.15) is 0 Å². The summed E-state index contributed by atoms with van der Waals surface area (Å²) in [5.41, 5.74) is -0.0826. The Hall–Kier alpha value is -1.33. The summed E-state index contributed by atoms with van der Waals surface area (Å²) in [4.78, 5) is 36.9. The zero-order chi connectivity index (χ0) is 16.4. The van der Waals surface area contributed by atoms with Crippen LogP contribution in [0.3, 0.4) is 0 Å². The van der Waals surface area contributed by atoms with E-state index in [1.165, 1.54) is 0 Å². The topological polar surface area (TPSA) is 103 Å². The maximum atomic E-state index is 12.7. The van der Waals surface area contributed by atoms with Crippen molar-refractivity contribution in [3.8, 4) is 0 Å². The minimum Gasteiger partial charge on any atom is -0.412 e. The second-order valence-electron chi connectivity index (χ2n) is 8.26. The molecule has 3 N–H and O–H groups in total. The average molecular weight is 334 g/mol. The molecule has 5 heteroatoms. The van der Waals surface area contributed by atoms with Gasteiger partial charge in [-0.05, 0) is 54.9 Å². The third-order valence-electron chi connectivity index (χ3n) is 7.52. The van der Waals surface area contributed by atoms with Crippen LogP contribution >= 0.6 is 0 Å². The van der Waals surface area contributed by atoms with E-state index in [9.17, 15) is 19.5 Å². The Kier molecular flexibility index (Phi) is 4.08. The molecule has 24 heavy (non-hydrogen) atoms. The van der Waals surface area contributed by atoms with E-state index in [1.54, 1.807) is 6.08 Å². The quantitative estimate of drug-likeness (QED) is 0.783. The molecule has 4 aliphatic carbocycles. The molecular formula is C19H26O5. The van der Waals surface area contributed by atoms with Crippen molar-refractivity contribution in [1.29, 1.82) is 0 Å². The second-order valence-corrected chi connectivity index (χ2v) is 8.26. The van der Waals surface area contributed by atoms with Gasteiger partial charge in [0.25, 0.3) is 0 Å². The first-order chi connectivity index (χ1) is 10.9. The Balaban J connectivity index is 0.00000169. The lowest BCUT2D eigenvalue weighted by molar-refractivity contribution is -0.143. The fourth-order valence-corrected chi connectivity index (χ4v) is 6.26. The summed E-state index contributed by atoms with van der Waals surface area (Å²) in [7, 11) is 0. The van der Waals surface area contributed by atoms with Crippen LogP contribution in [0.15, 0.2) is 11.6 Å². The molecule has 3 saturated carbocycles. The van der Waals surface area contributed by atoms with Gasteiger partial charge in [0, 0.05) is 24.8 Å². The van der Waals surface area contributed by atoms with E-state index in [1.807, 2.05) is 0 Å². The number of carbonyl (C=O) groups excluding carboxylic acids is 3. The van der Waals surface area contributed by atoms with Crippen LogP contribution < -0.4 is 0 Å². The summed E-state index contributed by atoms with van der Waals surface area (Å²) in [6, 6.07) is 0. The first-order valence-electron chi connectivity index (χ1n) is 8.85. The number of rotatable bonds is 1. The molecule has 0 aromatic rings. The van der Waals surface area contributed by atoms with E-state index < -0.39 is 5.41 Å². The summed E-state index contributed by atoms with van der Waals surface area (Å²) in [5, 5.41) is 9.95. The normalized spacial score (nSPS) is 44.2. The van der Waals surface area contributed by atoms with E-state index in [0.29, 0.717) is 25.2 Å². The monoisotopic (exact) mass is 334 g/mol. The number of ketones is 3. The Morgan fingerprint density at radius 2 is 1.88 bits per heavy atom. The highest BCUT2D eigenvalue weighted by atomic mass is 16.3. The standard InChI is InChI=1S/C19H24O4.H2O/c1-18-6-4-11(21)8-15(18)16(22)9-12-13(18)5-7-19(10-20)14(12)2-3-17(19)23;/h8,12-14,20H,2-7,9-10H2,1H3;1H2/t12-,13+,14+,18-,19-;/m1./s1. The largest absolute Gasteiger partial charge is 0.412 e. The number of fused-ring (bicyclic) bond motifs is 5. The molecule has 3 fully saturated rings. The highest BCUT2D eigenvalue weighted by Gasteiger charge is 2.62. The Bertz CT molecular complexity index is 636. The fourth-order valence-electron chi connectivity index (χ4n) is 6.26. The maximum absolute atomic E-state index is 12.7. The van der Waals surface area contributed by atoms with Crippen LogP contribution in [-0.2, 0) is 14.4 Å². The molecule has 0 unspecified atom stereocenters. The summed E-state index contributed by atoms with van der Waals surface area (Å²) >= 11 is 0. The van der Waals surface area contributed by atoms with Crippen molar-refractivity contribution < 1.29 is 25.0 Å². The van der Waals surface area contributed by atoms with E-state index in [0.717, 1.165) is 31.3 Å². The molecule has 4 rings (SSSR count). The van der Waals surface area contributed by atoms with Gasteiger partial charge in [0.2, 0.25) is 0 Å². The van der Waals surface area contributed by atoms with Crippen LogP contribution in [0.25, 0.3) is 0 Å². The predicted molar refractivity (Wildman–Crippen MR) is 87.1 cm³/mol. The van der Waals surface area contributed by atoms with Gasteiger partial charge in [0.15, 0.2) is 11.6 Å². The molecule has 0 aromatic heterocycles. The zero-order valence-corrected chi connectivity index (χ0v) is 14.1. The molecule has 0 bridgehead atoms. The minimum absolute atomic E-state index is 0. The first-order valence-corrected chi connectivity index (χ1v) is 8.85. The molecule has 5 nitrogen and oxygen atoms in total. The lowest BCUT2D eigenvalue weighted by Crippen LogP contribution is -2.54. The van der Waals surface area contributed by atoms with Gasteiger partial charge in [-0.25, -0.2) is 0 Å². The third-order valence-corrected chi connectivity index (χ3v) is 7.52. The van der Waals surface area contributed by atoms with Crippen molar-refractivity contribution >= 4 is 17.3 Å². The van der Waals surface area contributed by atoms with Gasteiger partial charge in [-0.1, -0.05) is 6.92 Å². The molecular weight excluding hydrogens is 308 g/mol. The lowest BCUT2D eigenvalue weighted by Gasteiger charge is -2.56. The number of Topliss-reactive ketones (excluding diaryl/α,β-unsaturated/α-hetero) is 2. The van der Waals surface area contributed by atoms with Gasteiger partial charge in [0.1, 0.15) is 5.78 Å². The van der Waals surface area contributed by atoms with E-state index in [2.05, 4.69) is 6.92 Å². The van der Waals surface area contributed by atoms with Gasteiger partial charge < -0.3 is 10.6 Å². The van der Waals surface area contributed by atoms with Crippen molar-refractivity contribution in [2.75, 3.05) is 6.61 Å². The summed E-state index contributed by atoms with van der Waals surface area (Å²) in [5.74, 6) is 1.04. The van der Waals surface area contributed by atoms with Crippen LogP contribution in [0.5, 0.6) is 0 Å². The molecule has 0 spiro atoms. The minimum atomic E-state index is -0.594. The number of hydrogen-bond donors (Lipinski definition) is 1. The van der Waals surface area contributed by atoms with E-state index in [-0.39, 0.29) is 46.7 Å². The summed E-state index contributed by atoms with van der Waals surface area (Å²) in [6.45, 7) is 2.06. The predicted octanol–water partition coefficient (Wildman–Crippen LogP) is 1.41. The van der Waals surface area contributed by atoms with Crippen LogP contribution in [0, 0.1) is 28.6 Å². The smallest absolute Gasteiger partial charge is 0.159 e. The SMILES string of the molecule is C[C@]12CCC(=O)C=C1C(=O)C[C@H]1[C@@H]3CCC(=O)[C@@]3(CO)CC[C@@H]12.O. The lowest BCUT2D eigenvalue weighted by atomic mass is 9.47. The fraction of sp³-hybridized carbons (Fsp3) is 0.737. The summed E-state index contributed by atoms with van der Waals surface area (Å²) < 4.78 is 0. The average Bonchev–Trinajstić information content (AvgIpc) is 2.87. The third kappa shape index (κ3) is 2.04. The first kappa shape index (κ1) is 17.5. The molecule has 0 heterocycles. The van der Waals surface area contributed by atoms with Crippen molar-refractivity contribution in [2.45, 2.75) is 51.9 Å². The van der Waals surface area contributed by atoms with Crippen LogP contribution in [-0.4, -0.2) is 34.5 Å². The number of carbonyl (C=O) groups is 3. The molecule has 0 aromatic carbocycles. The Morgan fingerprint density at radius 3 is 2.58 bits per heavy atom. The second kappa shape index (κ2) is 5.60. The van der Waals surface area contributed by atoms with Crippen molar-refractivity contribution in [3.63, 3.8) is 0 Å². The maximum Gasteiger partial charge on any atom is 0.159 e. The van der Waals surface area contributed by atoms with Gasteiger partial charge in [-0.3, -0.25) is 14.4 Å². The van der Waals surface area contributed by atoms with Gasteiger partial charge >= 0.3 is 0 Å². The number of allylic oxidation sites excluding steroid dienone is 1. The van der Waals surface area contributed by atoms with E-state index in [4.69, 9.17) is 0 Å². The molecule has 0 aliphatic heterocycles. The van der Waals surface area contributed by atoms with Crippen molar-refractivity contribution in [1.82, 2.24) is 0 Å². The van der Waals surface area contributed by atoms with Crippen molar-refractivity contribution in [3.05, 3.63) is 11.6 Å². The number of aliphatic hydroxyl groups is 1. The van der Waals surface area contributed by atoms with Crippen LogP contribution in [0.1, 0.15) is 51.9 Å². The molecule has 0 radical (unpaired) electrons. The van der Waals surface area contributed by atoms with Crippen molar-refractivity contribution in [2.24, 2.45) is 28.6 Å². The van der Waals surface area contributed by atoms with Gasteiger partial charge in [-0.15, -0.1) is 0 Å². The van der Waals surface area contributed by atoms with Crippen LogP contribution in [0.4, 0.5) is 0 Å². The van der Waals surface area contributed by atoms with Crippen LogP contribution in [0.2, 0.25) is 0 Å². The molecule has 5 atom stereocenters. The number of aliphatic hydroxyl groups excluding tert-OH is 1. The van der Waals surface area contributed by atoms with E-state index >= 15 is 0 Å². The zero-order valence-electron chi connectivity index (χ0n) is 14.1. The summed E-state index contributed by atoms with van der Waals surface area (Å²) in [6.07, 6.45) is 6.27. The Labute approximate surface area is 141 Å². The molecule has 132 valence electrons. The number of hydrogen-bond acceptors (Lipinski definition) is 4.